The highest BCUT2D eigenvalue weighted by atomic mass is 16.5. The molecule has 1 aromatic carbocycles. The van der Waals surface area contributed by atoms with Gasteiger partial charge in [0.1, 0.15) is 23.2 Å². The maximum atomic E-state index is 9.41. The number of anilines is 1. The second-order valence-corrected chi connectivity index (χ2v) is 5.53. The van der Waals surface area contributed by atoms with Crippen molar-refractivity contribution in [3.05, 3.63) is 47.4 Å². The van der Waals surface area contributed by atoms with Crippen LogP contribution in [0.2, 0.25) is 0 Å². The zero-order valence-corrected chi connectivity index (χ0v) is 13.7. The Labute approximate surface area is 139 Å². The molecule has 120 valence electrons. The predicted octanol–water partition coefficient (Wildman–Crippen LogP) is 3.22. The molecule has 0 spiro atoms. The first-order chi connectivity index (χ1) is 11.5. The Morgan fingerprint density at radius 2 is 1.92 bits per heavy atom. The number of nitrogens with two attached hydrogens (primary N) is 1. The van der Waals surface area contributed by atoms with E-state index in [1.165, 1.54) is 0 Å². The fraction of sp³-hybridized carbons (Fsp3) is 0.167. The van der Waals surface area contributed by atoms with E-state index in [0.29, 0.717) is 28.3 Å². The highest BCUT2D eigenvalue weighted by Crippen LogP contribution is 2.35. The molecule has 3 aromatic rings. The molecule has 0 saturated carbocycles. The minimum absolute atomic E-state index is 0.180. The number of nitriles is 1. The van der Waals surface area contributed by atoms with E-state index in [0.717, 1.165) is 16.7 Å². The van der Waals surface area contributed by atoms with Gasteiger partial charge in [0.25, 0.3) is 0 Å². The van der Waals surface area contributed by atoms with E-state index in [1.54, 1.807) is 19.6 Å². The van der Waals surface area contributed by atoms with Crippen LogP contribution >= 0.6 is 0 Å². The number of nitrogens with one attached hydrogen (secondary N) is 1. The molecule has 6 nitrogen and oxygen atoms in total. The molecule has 3 N–H and O–H groups in total. The van der Waals surface area contributed by atoms with Crippen LogP contribution in [-0.4, -0.2) is 22.1 Å². The fourth-order valence-corrected chi connectivity index (χ4v) is 2.59. The number of hydrogen-bond donors (Lipinski definition) is 2. The maximum Gasteiger partial charge on any atom is 0.142 e. The third-order valence-electron chi connectivity index (χ3n) is 4.04. The summed E-state index contributed by atoms with van der Waals surface area (Å²) < 4.78 is 5.50. The van der Waals surface area contributed by atoms with Crippen molar-refractivity contribution in [3.8, 4) is 34.3 Å². The van der Waals surface area contributed by atoms with Gasteiger partial charge in [0.05, 0.1) is 31.0 Å². The second kappa shape index (κ2) is 6.05. The largest absolute Gasteiger partial charge is 0.496 e. The molecule has 2 heterocycles. The number of methoxy groups -OCH3 is 1. The number of H-pyrrole nitrogens is 1. The van der Waals surface area contributed by atoms with Crippen LogP contribution in [0.1, 0.15) is 16.7 Å². The quantitative estimate of drug-likeness (QED) is 0.772. The predicted molar refractivity (Wildman–Crippen MR) is 92.4 cm³/mol. The zero-order chi connectivity index (χ0) is 17.3. The lowest BCUT2D eigenvalue weighted by Crippen LogP contribution is -2.01. The number of aromatic amines is 1. The average Bonchev–Trinajstić information content (AvgIpc) is 3.10. The van der Waals surface area contributed by atoms with Gasteiger partial charge in [-0.1, -0.05) is 0 Å². The number of rotatable bonds is 3. The minimum atomic E-state index is 0.180. The van der Waals surface area contributed by atoms with Crippen LogP contribution in [-0.2, 0) is 0 Å². The lowest BCUT2D eigenvalue weighted by Gasteiger charge is -2.14. The molecule has 3 rings (SSSR count). The molecule has 0 atom stereocenters. The average molecular weight is 319 g/mol. The monoisotopic (exact) mass is 319 g/mol. The molecular weight excluding hydrogens is 302 g/mol. The Morgan fingerprint density at radius 1 is 1.17 bits per heavy atom. The molecule has 0 aliphatic heterocycles. The molecule has 0 aliphatic carbocycles. The molecular formula is C18H17N5O. The Bertz CT molecular complexity index is 939. The van der Waals surface area contributed by atoms with Gasteiger partial charge in [0.15, 0.2) is 0 Å². The van der Waals surface area contributed by atoms with Crippen LogP contribution in [0, 0.1) is 25.2 Å². The van der Waals surface area contributed by atoms with Crippen molar-refractivity contribution >= 4 is 5.82 Å². The van der Waals surface area contributed by atoms with E-state index >= 15 is 0 Å². The van der Waals surface area contributed by atoms with Crippen molar-refractivity contribution in [2.75, 3.05) is 12.8 Å². The summed E-state index contributed by atoms with van der Waals surface area (Å²) in [7, 11) is 1.62. The molecule has 0 radical (unpaired) electrons. The van der Waals surface area contributed by atoms with E-state index in [1.807, 2.05) is 32.0 Å². The number of ether oxygens (including phenoxy) is 1. The van der Waals surface area contributed by atoms with E-state index in [2.05, 4.69) is 21.0 Å². The van der Waals surface area contributed by atoms with Crippen molar-refractivity contribution in [2.45, 2.75) is 13.8 Å². The lowest BCUT2D eigenvalue weighted by molar-refractivity contribution is 0.416. The van der Waals surface area contributed by atoms with Crippen LogP contribution in [0.3, 0.4) is 0 Å². The summed E-state index contributed by atoms with van der Waals surface area (Å²) in [6, 6.07) is 7.92. The summed E-state index contributed by atoms with van der Waals surface area (Å²) in [6.45, 7) is 4.05. The number of pyridine rings is 1. The van der Waals surface area contributed by atoms with Crippen molar-refractivity contribution < 1.29 is 4.74 Å². The first kappa shape index (κ1) is 15.6. The maximum absolute atomic E-state index is 9.41. The summed E-state index contributed by atoms with van der Waals surface area (Å²) in [4.78, 5) is 11.4. The van der Waals surface area contributed by atoms with Crippen LogP contribution in [0.5, 0.6) is 5.75 Å². The van der Waals surface area contributed by atoms with Gasteiger partial charge in [-0.05, 0) is 43.2 Å². The molecule has 0 amide bonds. The van der Waals surface area contributed by atoms with E-state index in [4.69, 9.17) is 10.5 Å². The molecule has 0 unspecified atom stereocenters. The smallest absolute Gasteiger partial charge is 0.142 e. The molecule has 24 heavy (non-hydrogen) atoms. The van der Waals surface area contributed by atoms with Gasteiger partial charge in [-0.15, -0.1) is 0 Å². The topological polar surface area (TPSA) is 101 Å². The zero-order valence-electron chi connectivity index (χ0n) is 13.7. The number of aryl methyl sites for hydroxylation is 2. The summed E-state index contributed by atoms with van der Waals surface area (Å²) in [5.74, 6) is 0.894. The van der Waals surface area contributed by atoms with Crippen molar-refractivity contribution in [2.24, 2.45) is 0 Å². The number of benzene rings is 1. The van der Waals surface area contributed by atoms with E-state index in [-0.39, 0.29) is 5.82 Å². The van der Waals surface area contributed by atoms with Gasteiger partial charge < -0.3 is 15.5 Å². The molecule has 0 bridgehead atoms. The highest BCUT2D eigenvalue weighted by molar-refractivity contribution is 5.80. The van der Waals surface area contributed by atoms with Gasteiger partial charge >= 0.3 is 0 Å². The Balaban J connectivity index is 2.28. The first-order valence-electron chi connectivity index (χ1n) is 7.40. The van der Waals surface area contributed by atoms with Crippen LogP contribution in [0.15, 0.2) is 30.7 Å². The lowest BCUT2D eigenvalue weighted by atomic mass is 9.99. The van der Waals surface area contributed by atoms with Crippen molar-refractivity contribution in [3.63, 3.8) is 0 Å². The summed E-state index contributed by atoms with van der Waals surface area (Å²) in [5, 5.41) is 9.41. The standard InChI is InChI=1S/C18H17N5O/c1-10-4-13(17(24-3)5-11(10)2)15-6-12(16-8-21-9-22-16)14(7-19)18(20)23-15/h4-6,8-9H,1-3H3,(H2,20,23)(H,21,22). The summed E-state index contributed by atoms with van der Waals surface area (Å²) in [6.07, 6.45) is 3.21. The number of aromatic nitrogens is 3. The second-order valence-electron chi connectivity index (χ2n) is 5.53. The Morgan fingerprint density at radius 3 is 2.54 bits per heavy atom. The molecule has 0 aliphatic rings. The van der Waals surface area contributed by atoms with Crippen LogP contribution < -0.4 is 10.5 Å². The molecule has 6 heteroatoms. The first-order valence-corrected chi connectivity index (χ1v) is 7.40. The number of hydrogen-bond acceptors (Lipinski definition) is 5. The van der Waals surface area contributed by atoms with Crippen molar-refractivity contribution in [1.29, 1.82) is 5.26 Å². The van der Waals surface area contributed by atoms with Crippen LogP contribution in [0.4, 0.5) is 5.82 Å². The van der Waals surface area contributed by atoms with Crippen molar-refractivity contribution in [1.82, 2.24) is 15.0 Å². The van der Waals surface area contributed by atoms with E-state index < -0.39 is 0 Å². The SMILES string of the molecule is COc1cc(C)c(C)cc1-c1cc(-c2cnc[nH]2)c(C#N)c(N)n1. The van der Waals surface area contributed by atoms with E-state index in [9.17, 15) is 5.26 Å². The van der Waals surface area contributed by atoms with Gasteiger partial charge in [-0.2, -0.15) is 5.26 Å². The number of imidazole rings is 1. The molecule has 0 fully saturated rings. The number of nitrogens with zero attached hydrogens (tertiary/aromatic N) is 3. The Kier molecular flexibility index (Phi) is 3.92. The van der Waals surface area contributed by atoms with Gasteiger partial charge in [0.2, 0.25) is 0 Å². The molecule has 2 aromatic heterocycles. The van der Waals surface area contributed by atoms with Gasteiger partial charge in [-0.3, -0.25) is 0 Å². The van der Waals surface area contributed by atoms with Gasteiger partial charge in [0, 0.05) is 11.1 Å². The fourth-order valence-electron chi connectivity index (χ4n) is 2.59. The van der Waals surface area contributed by atoms with Crippen LogP contribution in [0.25, 0.3) is 22.5 Å². The third-order valence-corrected chi connectivity index (χ3v) is 4.04. The summed E-state index contributed by atoms with van der Waals surface area (Å²) >= 11 is 0. The van der Waals surface area contributed by atoms with Gasteiger partial charge in [-0.25, -0.2) is 9.97 Å². The number of nitrogen functional groups attached to an aromatic ring is 1. The normalized spacial score (nSPS) is 10.4. The minimum Gasteiger partial charge on any atom is -0.496 e. The highest BCUT2D eigenvalue weighted by Gasteiger charge is 2.17. The third kappa shape index (κ3) is 2.57. The molecule has 0 saturated heterocycles. The summed E-state index contributed by atoms with van der Waals surface area (Å²) in [5.41, 5.74) is 11.5. The Hall–Kier alpha value is -3.33.